The monoisotopic (exact) mass is 273 g/mol. The Kier molecular flexibility index (Phi) is 5.26. The van der Waals surface area contributed by atoms with Crippen molar-refractivity contribution in [3.05, 3.63) is 35.9 Å². The van der Waals surface area contributed by atoms with Crippen molar-refractivity contribution >= 4 is 0 Å². The van der Waals surface area contributed by atoms with Crippen LogP contribution in [0.1, 0.15) is 71.4 Å². The van der Waals surface area contributed by atoms with E-state index in [1.165, 1.54) is 37.7 Å². The van der Waals surface area contributed by atoms with Crippen molar-refractivity contribution in [3.8, 4) is 0 Å². The normalized spacial score (nSPS) is 25.4. The first kappa shape index (κ1) is 15.6. The maximum absolute atomic E-state index is 3.89. The summed E-state index contributed by atoms with van der Waals surface area (Å²) in [4.78, 5) is 0. The van der Waals surface area contributed by atoms with Gasteiger partial charge in [0.05, 0.1) is 0 Å². The quantitative estimate of drug-likeness (QED) is 0.781. The van der Waals surface area contributed by atoms with E-state index >= 15 is 0 Å². The van der Waals surface area contributed by atoms with Crippen LogP contribution in [-0.2, 0) is 0 Å². The summed E-state index contributed by atoms with van der Waals surface area (Å²) >= 11 is 0. The Hall–Kier alpha value is -0.820. The summed E-state index contributed by atoms with van der Waals surface area (Å²) in [5.74, 6) is 0.900. The summed E-state index contributed by atoms with van der Waals surface area (Å²) in [6, 6.07) is 12.1. The molecule has 0 spiro atoms. The molecule has 0 saturated heterocycles. The summed E-state index contributed by atoms with van der Waals surface area (Å²) < 4.78 is 0. The highest BCUT2D eigenvalue weighted by Crippen LogP contribution is 2.38. The Labute approximate surface area is 125 Å². The van der Waals surface area contributed by atoms with Crippen molar-refractivity contribution in [2.45, 2.75) is 71.9 Å². The highest BCUT2D eigenvalue weighted by atomic mass is 14.9. The predicted molar refractivity (Wildman–Crippen MR) is 87.8 cm³/mol. The van der Waals surface area contributed by atoms with Crippen molar-refractivity contribution in [2.24, 2.45) is 11.3 Å². The molecule has 20 heavy (non-hydrogen) atoms. The first-order valence-corrected chi connectivity index (χ1v) is 8.31. The largest absolute Gasteiger partial charge is 0.307 e. The molecule has 0 heterocycles. The summed E-state index contributed by atoms with van der Waals surface area (Å²) in [5.41, 5.74) is 1.92. The number of hydrogen-bond donors (Lipinski definition) is 1. The Bertz CT molecular complexity index is 382. The molecule has 1 aromatic rings. The van der Waals surface area contributed by atoms with Gasteiger partial charge in [-0.3, -0.25) is 0 Å². The summed E-state index contributed by atoms with van der Waals surface area (Å²) in [6.07, 6.45) is 6.61. The van der Waals surface area contributed by atoms with E-state index in [1.807, 2.05) is 0 Å². The van der Waals surface area contributed by atoms with Crippen molar-refractivity contribution in [3.63, 3.8) is 0 Å². The maximum Gasteiger partial charge on any atom is 0.0320 e. The first-order valence-electron chi connectivity index (χ1n) is 8.31. The van der Waals surface area contributed by atoms with Gasteiger partial charge < -0.3 is 5.32 Å². The van der Waals surface area contributed by atoms with Crippen LogP contribution in [0.4, 0.5) is 0 Å². The molecule has 1 fully saturated rings. The minimum atomic E-state index is 0.481. The minimum absolute atomic E-state index is 0.481. The second-order valence-corrected chi connectivity index (χ2v) is 7.45. The first-order chi connectivity index (χ1) is 9.50. The minimum Gasteiger partial charge on any atom is -0.307 e. The van der Waals surface area contributed by atoms with E-state index in [9.17, 15) is 0 Å². The predicted octanol–water partition coefficient (Wildman–Crippen LogP) is 5.33. The third kappa shape index (κ3) is 4.09. The van der Waals surface area contributed by atoms with Gasteiger partial charge in [-0.25, -0.2) is 0 Å². The van der Waals surface area contributed by atoms with E-state index in [0.29, 0.717) is 17.5 Å². The lowest BCUT2D eigenvalue weighted by Crippen LogP contribution is -2.38. The number of nitrogens with one attached hydrogen (secondary N) is 1. The number of benzene rings is 1. The lowest BCUT2D eigenvalue weighted by atomic mass is 9.71. The van der Waals surface area contributed by atoms with E-state index in [0.717, 1.165) is 5.92 Å². The van der Waals surface area contributed by atoms with Gasteiger partial charge in [-0.05, 0) is 49.0 Å². The van der Waals surface area contributed by atoms with Crippen LogP contribution in [0.2, 0.25) is 0 Å². The fourth-order valence-electron chi connectivity index (χ4n) is 3.55. The van der Waals surface area contributed by atoms with Gasteiger partial charge in [0.1, 0.15) is 0 Å². The lowest BCUT2D eigenvalue weighted by molar-refractivity contribution is 0.155. The van der Waals surface area contributed by atoms with Crippen LogP contribution in [0.3, 0.4) is 0 Å². The summed E-state index contributed by atoms with van der Waals surface area (Å²) in [6.45, 7) is 9.46. The molecular weight excluding hydrogens is 242 g/mol. The van der Waals surface area contributed by atoms with Gasteiger partial charge in [-0.1, -0.05) is 58.0 Å². The van der Waals surface area contributed by atoms with Crippen LogP contribution in [0.15, 0.2) is 30.3 Å². The van der Waals surface area contributed by atoms with Gasteiger partial charge in [0, 0.05) is 12.1 Å². The van der Waals surface area contributed by atoms with Crippen LogP contribution >= 0.6 is 0 Å². The summed E-state index contributed by atoms with van der Waals surface area (Å²) in [7, 11) is 0. The molecule has 0 bridgehead atoms. The third-order valence-electron chi connectivity index (χ3n) is 5.00. The fourth-order valence-corrected chi connectivity index (χ4v) is 3.55. The second-order valence-electron chi connectivity index (χ2n) is 7.45. The molecule has 1 heteroatoms. The Morgan fingerprint density at radius 2 is 1.65 bits per heavy atom. The van der Waals surface area contributed by atoms with Gasteiger partial charge in [0.15, 0.2) is 0 Å². The molecule has 0 radical (unpaired) electrons. The Morgan fingerprint density at radius 1 is 1.05 bits per heavy atom. The zero-order valence-corrected chi connectivity index (χ0v) is 13.7. The van der Waals surface area contributed by atoms with Crippen LogP contribution in [0.25, 0.3) is 0 Å². The molecule has 1 aliphatic rings. The molecule has 0 aliphatic heterocycles. The van der Waals surface area contributed by atoms with E-state index in [1.54, 1.807) is 0 Å². The Morgan fingerprint density at radius 3 is 2.15 bits per heavy atom. The van der Waals surface area contributed by atoms with Crippen LogP contribution in [-0.4, -0.2) is 6.04 Å². The van der Waals surface area contributed by atoms with E-state index in [2.05, 4.69) is 63.3 Å². The molecule has 112 valence electrons. The summed E-state index contributed by atoms with van der Waals surface area (Å²) in [5, 5.41) is 3.89. The molecule has 1 atom stereocenters. The van der Waals surface area contributed by atoms with Crippen LogP contribution in [0.5, 0.6) is 0 Å². The molecular formula is C19H31N. The molecule has 1 aliphatic carbocycles. The van der Waals surface area contributed by atoms with E-state index < -0.39 is 0 Å². The molecule has 1 aromatic carbocycles. The Balaban J connectivity index is 1.88. The van der Waals surface area contributed by atoms with Gasteiger partial charge in [-0.2, -0.15) is 0 Å². The third-order valence-corrected chi connectivity index (χ3v) is 5.00. The van der Waals surface area contributed by atoms with E-state index in [4.69, 9.17) is 0 Å². The van der Waals surface area contributed by atoms with Gasteiger partial charge in [0.25, 0.3) is 0 Å². The highest BCUT2D eigenvalue weighted by Gasteiger charge is 2.30. The van der Waals surface area contributed by atoms with Crippen molar-refractivity contribution in [2.75, 3.05) is 0 Å². The molecule has 1 nitrogen and oxygen atoms in total. The topological polar surface area (TPSA) is 12.0 Å². The smallest absolute Gasteiger partial charge is 0.0320 e. The van der Waals surface area contributed by atoms with Gasteiger partial charge in [-0.15, -0.1) is 0 Å². The number of hydrogen-bond acceptors (Lipinski definition) is 1. The van der Waals surface area contributed by atoms with Gasteiger partial charge in [0.2, 0.25) is 0 Å². The fraction of sp³-hybridized carbons (Fsp3) is 0.684. The molecule has 1 saturated carbocycles. The second kappa shape index (κ2) is 6.76. The van der Waals surface area contributed by atoms with Crippen LogP contribution in [0, 0.1) is 11.3 Å². The standard InChI is InChI=1S/C19H31N/c1-5-18(15-9-7-6-8-10-15)20-17-13-11-16(12-14-17)19(2,3)4/h6-10,16-18,20H,5,11-14H2,1-4H3. The molecule has 2 rings (SSSR count). The van der Waals surface area contributed by atoms with E-state index in [-0.39, 0.29) is 0 Å². The highest BCUT2D eigenvalue weighted by molar-refractivity contribution is 5.18. The number of rotatable bonds is 4. The van der Waals surface area contributed by atoms with Gasteiger partial charge >= 0.3 is 0 Å². The SMILES string of the molecule is CCC(NC1CCC(C(C)(C)C)CC1)c1ccccc1. The van der Waals surface area contributed by atoms with Crippen molar-refractivity contribution in [1.29, 1.82) is 0 Å². The molecule has 1 unspecified atom stereocenters. The molecule has 0 aromatic heterocycles. The molecule has 1 N–H and O–H groups in total. The average Bonchev–Trinajstić information content (AvgIpc) is 2.45. The van der Waals surface area contributed by atoms with Crippen LogP contribution < -0.4 is 5.32 Å². The average molecular weight is 273 g/mol. The van der Waals surface area contributed by atoms with Crippen molar-refractivity contribution < 1.29 is 0 Å². The van der Waals surface area contributed by atoms with Crippen molar-refractivity contribution in [1.82, 2.24) is 5.32 Å². The maximum atomic E-state index is 3.89. The lowest BCUT2D eigenvalue weighted by Gasteiger charge is -2.38. The zero-order valence-electron chi connectivity index (χ0n) is 13.7. The molecule has 0 amide bonds. The zero-order chi connectivity index (χ0) is 14.6.